The Morgan fingerprint density at radius 1 is 0.973 bits per heavy atom. The summed E-state index contributed by atoms with van der Waals surface area (Å²) < 4.78 is 15.6. The molecule has 5 aromatic rings. The van der Waals surface area contributed by atoms with E-state index >= 15 is 0 Å². The largest absolute Gasteiger partial charge is 0.449 e. The molecular weight excluding hydrogens is 466 g/mol. The Kier molecular flexibility index (Phi) is 7.05. The lowest BCUT2D eigenvalue weighted by molar-refractivity contribution is 0.122. The fraction of sp³-hybridized carbons (Fsp3) is 0.357. The molecule has 9 nitrogen and oxygen atoms in total. The molecule has 9 heteroatoms. The van der Waals surface area contributed by atoms with E-state index in [1.165, 1.54) is 5.56 Å². The SMILES string of the molecule is CC.CCn1nc(-c2cc3nc(-n4cc(-c5cccc(C)c5)cn4)nc(N4CCOCC4)c3o2)cc1C. The van der Waals surface area contributed by atoms with E-state index in [-0.39, 0.29) is 0 Å². The van der Waals surface area contributed by atoms with Crippen molar-refractivity contribution in [3.05, 3.63) is 60.0 Å². The predicted octanol–water partition coefficient (Wildman–Crippen LogP) is 5.44. The average molecular weight is 500 g/mol. The summed E-state index contributed by atoms with van der Waals surface area (Å²) in [7, 11) is 0. The van der Waals surface area contributed by atoms with Crippen molar-refractivity contribution in [3.63, 3.8) is 0 Å². The molecule has 1 aromatic carbocycles. The predicted molar refractivity (Wildman–Crippen MR) is 145 cm³/mol. The molecule has 1 aliphatic rings. The summed E-state index contributed by atoms with van der Waals surface area (Å²) in [6.07, 6.45) is 3.81. The first-order valence-corrected chi connectivity index (χ1v) is 12.9. The average Bonchev–Trinajstić information content (AvgIpc) is 3.68. The minimum Gasteiger partial charge on any atom is -0.449 e. The molecule has 0 unspecified atom stereocenters. The molecule has 0 saturated carbocycles. The van der Waals surface area contributed by atoms with Crippen molar-refractivity contribution in [2.24, 2.45) is 0 Å². The van der Waals surface area contributed by atoms with Crippen LogP contribution in [-0.2, 0) is 11.3 Å². The molecule has 37 heavy (non-hydrogen) atoms. The molecule has 0 bridgehead atoms. The van der Waals surface area contributed by atoms with Gasteiger partial charge < -0.3 is 14.1 Å². The van der Waals surface area contributed by atoms with Crippen LogP contribution in [0.4, 0.5) is 5.82 Å². The molecule has 4 aromatic heterocycles. The van der Waals surface area contributed by atoms with Gasteiger partial charge in [0.2, 0.25) is 0 Å². The Morgan fingerprint density at radius 2 is 1.78 bits per heavy atom. The monoisotopic (exact) mass is 499 g/mol. The third-order valence-corrected chi connectivity index (χ3v) is 6.32. The van der Waals surface area contributed by atoms with Gasteiger partial charge in [-0.25, -0.2) is 9.67 Å². The van der Waals surface area contributed by atoms with Crippen molar-refractivity contribution >= 4 is 16.9 Å². The fourth-order valence-electron chi connectivity index (χ4n) is 4.48. The highest BCUT2D eigenvalue weighted by atomic mass is 16.5. The number of fused-ring (bicyclic) bond motifs is 1. The highest BCUT2D eigenvalue weighted by molar-refractivity contribution is 5.88. The molecule has 5 heterocycles. The van der Waals surface area contributed by atoms with Gasteiger partial charge in [-0.1, -0.05) is 43.7 Å². The van der Waals surface area contributed by atoms with Crippen molar-refractivity contribution in [1.29, 1.82) is 0 Å². The van der Waals surface area contributed by atoms with Gasteiger partial charge in [-0.15, -0.1) is 0 Å². The Labute approximate surface area is 216 Å². The van der Waals surface area contributed by atoms with Crippen LogP contribution in [0.3, 0.4) is 0 Å². The van der Waals surface area contributed by atoms with Gasteiger partial charge in [0.05, 0.1) is 19.4 Å². The molecule has 0 radical (unpaired) electrons. The second-order valence-electron chi connectivity index (χ2n) is 8.80. The number of aromatic nitrogens is 6. The molecule has 1 fully saturated rings. The first-order chi connectivity index (χ1) is 18.1. The molecule has 6 rings (SSSR count). The second-order valence-corrected chi connectivity index (χ2v) is 8.80. The van der Waals surface area contributed by atoms with E-state index in [1.54, 1.807) is 4.68 Å². The molecule has 0 N–H and O–H groups in total. The van der Waals surface area contributed by atoms with Crippen LogP contribution in [-0.4, -0.2) is 55.8 Å². The number of rotatable bonds is 5. The highest BCUT2D eigenvalue weighted by Gasteiger charge is 2.23. The number of furan rings is 1. The van der Waals surface area contributed by atoms with E-state index in [2.05, 4.69) is 53.2 Å². The normalized spacial score (nSPS) is 13.6. The van der Waals surface area contributed by atoms with Crippen LogP contribution < -0.4 is 4.90 Å². The van der Waals surface area contributed by atoms with E-state index < -0.39 is 0 Å². The minimum atomic E-state index is 0.500. The molecule has 0 amide bonds. The first kappa shape index (κ1) is 24.7. The van der Waals surface area contributed by atoms with Gasteiger partial charge in [0.1, 0.15) is 11.2 Å². The van der Waals surface area contributed by atoms with Crippen molar-refractivity contribution in [2.75, 3.05) is 31.2 Å². The Balaban J connectivity index is 0.00000137. The summed E-state index contributed by atoms with van der Waals surface area (Å²) in [5.74, 6) is 1.93. The summed E-state index contributed by atoms with van der Waals surface area (Å²) in [6.45, 7) is 13.8. The Hall–Kier alpha value is -3.98. The molecule has 0 aliphatic carbocycles. The molecule has 0 spiro atoms. The summed E-state index contributed by atoms with van der Waals surface area (Å²) in [5.41, 5.74) is 6.58. The number of ether oxygens (including phenoxy) is 1. The van der Waals surface area contributed by atoms with Gasteiger partial charge >= 0.3 is 0 Å². The summed E-state index contributed by atoms with van der Waals surface area (Å²) in [5, 5.41) is 9.26. The zero-order valence-corrected chi connectivity index (χ0v) is 22.1. The number of hydrogen-bond donors (Lipinski definition) is 0. The smallest absolute Gasteiger partial charge is 0.253 e. The van der Waals surface area contributed by atoms with E-state index in [9.17, 15) is 0 Å². The molecule has 1 aliphatic heterocycles. The Morgan fingerprint density at radius 3 is 2.51 bits per heavy atom. The Bertz CT molecular complexity index is 1510. The van der Waals surface area contributed by atoms with E-state index in [0.29, 0.717) is 30.5 Å². The number of hydrogen-bond acceptors (Lipinski definition) is 7. The third kappa shape index (κ3) is 4.86. The molecule has 1 saturated heterocycles. The maximum atomic E-state index is 6.32. The lowest BCUT2D eigenvalue weighted by atomic mass is 10.1. The van der Waals surface area contributed by atoms with Crippen LogP contribution in [0.1, 0.15) is 32.0 Å². The molecule has 192 valence electrons. The molecular formula is C28H33N7O2. The van der Waals surface area contributed by atoms with Crippen LogP contribution in [0, 0.1) is 13.8 Å². The highest BCUT2D eigenvalue weighted by Crippen LogP contribution is 2.33. The van der Waals surface area contributed by atoms with Crippen LogP contribution in [0.25, 0.3) is 39.6 Å². The van der Waals surface area contributed by atoms with Crippen LogP contribution >= 0.6 is 0 Å². The first-order valence-electron chi connectivity index (χ1n) is 12.9. The van der Waals surface area contributed by atoms with Gasteiger partial charge in [-0.2, -0.15) is 15.2 Å². The summed E-state index contributed by atoms with van der Waals surface area (Å²) >= 11 is 0. The number of nitrogens with zero attached hydrogens (tertiary/aromatic N) is 7. The lowest BCUT2D eigenvalue weighted by Gasteiger charge is -2.27. The maximum Gasteiger partial charge on any atom is 0.253 e. The number of benzene rings is 1. The van der Waals surface area contributed by atoms with Gasteiger partial charge in [-0.3, -0.25) is 4.68 Å². The van der Waals surface area contributed by atoms with Crippen LogP contribution in [0.5, 0.6) is 0 Å². The zero-order valence-electron chi connectivity index (χ0n) is 22.1. The maximum absolute atomic E-state index is 6.32. The van der Waals surface area contributed by atoms with Crippen LogP contribution in [0.2, 0.25) is 0 Å². The number of anilines is 1. The minimum absolute atomic E-state index is 0.500. The van der Waals surface area contributed by atoms with Gasteiger partial charge in [0.15, 0.2) is 17.2 Å². The van der Waals surface area contributed by atoms with E-state index in [4.69, 9.17) is 19.1 Å². The number of morpholine rings is 1. The van der Waals surface area contributed by atoms with Crippen molar-refractivity contribution in [1.82, 2.24) is 29.5 Å². The third-order valence-electron chi connectivity index (χ3n) is 6.32. The quantitative estimate of drug-likeness (QED) is 0.318. The van der Waals surface area contributed by atoms with Crippen molar-refractivity contribution in [3.8, 4) is 28.5 Å². The second kappa shape index (κ2) is 10.6. The van der Waals surface area contributed by atoms with E-state index in [1.807, 2.05) is 50.0 Å². The van der Waals surface area contributed by atoms with Gasteiger partial charge in [0, 0.05) is 43.2 Å². The van der Waals surface area contributed by atoms with Crippen molar-refractivity contribution in [2.45, 2.75) is 41.2 Å². The summed E-state index contributed by atoms with van der Waals surface area (Å²) in [6, 6.07) is 12.3. The fourth-order valence-corrected chi connectivity index (χ4v) is 4.48. The zero-order chi connectivity index (χ0) is 25.9. The summed E-state index contributed by atoms with van der Waals surface area (Å²) in [4.78, 5) is 11.9. The topological polar surface area (TPSA) is 87.0 Å². The molecule has 0 atom stereocenters. The van der Waals surface area contributed by atoms with Crippen molar-refractivity contribution < 1.29 is 9.15 Å². The van der Waals surface area contributed by atoms with Crippen LogP contribution in [0.15, 0.2) is 53.2 Å². The lowest BCUT2D eigenvalue weighted by Crippen LogP contribution is -2.37. The number of aryl methyl sites for hydroxylation is 3. The van der Waals surface area contributed by atoms with Gasteiger partial charge in [-0.05, 0) is 32.4 Å². The van der Waals surface area contributed by atoms with E-state index in [0.717, 1.165) is 53.5 Å². The standard InChI is InChI=1S/C26H27N7O2.C2H6/c1-4-32-18(3)13-21(30-32)23-14-22-24(35-23)25(31-8-10-34-11-9-31)29-26(28-22)33-16-20(15-27-33)19-7-5-6-17(2)12-19;1-2/h5-7,12-16H,4,8-11H2,1-3H3;1-2H3. The van der Waals surface area contributed by atoms with Gasteiger partial charge in [0.25, 0.3) is 5.95 Å².